The summed E-state index contributed by atoms with van der Waals surface area (Å²) in [6.45, 7) is 2.97. The summed E-state index contributed by atoms with van der Waals surface area (Å²) in [6, 6.07) is 0. The fourth-order valence-electron chi connectivity index (χ4n) is 2.50. The van der Waals surface area contributed by atoms with Crippen molar-refractivity contribution in [3.05, 3.63) is 0 Å². The van der Waals surface area contributed by atoms with Crippen molar-refractivity contribution < 1.29 is 9.53 Å². The number of carbonyl (C=O) groups excluding carboxylic acids is 1. The maximum Gasteiger partial charge on any atom is 0.248 e. The number of hydrazine groups is 1. The highest BCUT2D eigenvalue weighted by atomic mass is 16.5. The second-order valence-electron chi connectivity index (χ2n) is 4.12. The van der Waals surface area contributed by atoms with E-state index in [0.717, 1.165) is 39.0 Å². The summed E-state index contributed by atoms with van der Waals surface area (Å²) in [5.41, 5.74) is 2.31. The van der Waals surface area contributed by atoms with E-state index in [-0.39, 0.29) is 11.4 Å². The van der Waals surface area contributed by atoms with Crippen molar-refractivity contribution in [3.8, 4) is 0 Å². The molecule has 0 saturated carbocycles. The summed E-state index contributed by atoms with van der Waals surface area (Å²) in [4.78, 5) is 13.4. The maximum absolute atomic E-state index is 11.2. The second-order valence-corrected chi connectivity index (χ2v) is 4.12. The molecule has 2 aliphatic rings. The Morgan fingerprint density at radius 1 is 1.57 bits per heavy atom. The molecule has 80 valence electrons. The molecule has 2 rings (SSSR count). The fraction of sp³-hybridized carbons (Fsp3) is 0.889. The maximum atomic E-state index is 11.2. The van der Waals surface area contributed by atoms with Crippen molar-refractivity contribution in [1.82, 2.24) is 10.3 Å². The van der Waals surface area contributed by atoms with Gasteiger partial charge in [0.1, 0.15) is 0 Å². The molecule has 2 heterocycles. The Labute approximate surface area is 83.5 Å². The van der Waals surface area contributed by atoms with Crippen molar-refractivity contribution in [3.63, 3.8) is 0 Å². The van der Waals surface area contributed by atoms with E-state index in [9.17, 15) is 4.79 Å². The molecule has 5 heteroatoms. The number of likely N-dealkylation sites (tertiary alicyclic amines) is 1. The Hall–Kier alpha value is -0.650. The van der Waals surface area contributed by atoms with Gasteiger partial charge in [0.2, 0.25) is 5.91 Å². The average molecular weight is 199 g/mol. The topological polar surface area (TPSA) is 67.6 Å². The van der Waals surface area contributed by atoms with Crippen LogP contribution in [0.4, 0.5) is 0 Å². The molecular formula is C9H17N3O2. The quantitative estimate of drug-likeness (QED) is 0.348. The molecular weight excluding hydrogens is 182 g/mol. The molecule has 3 N–H and O–H groups in total. The number of rotatable bonds is 2. The molecule has 0 radical (unpaired) electrons. The van der Waals surface area contributed by atoms with Crippen LogP contribution >= 0.6 is 0 Å². The first-order chi connectivity index (χ1) is 6.77. The molecule has 0 bridgehead atoms. The van der Waals surface area contributed by atoms with E-state index in [0.29, 0.717) is 6.54 Å². The standard InChI is InChI=1S/C9H17N3O2/c10-11-8(13)6-12-4-1-2-9(12)3-5-14-7-9/h1-7,10H2,(H,11,13). The van der Waals surface area contributed by atoms with Gasteiger partial charge in [-0.15, -0.1) is 0 Å². The third kappa shape index (κ3) is 1.63. The van der Waals surface area contributed by atoms with Crippen molar-refractivity contribution >= 4 is 5.91 Å². The van der Waals surface area contributed by atoms with Crippen LogP contribution in [0.15, 0.2) is 0 Å². The Morgan fingerprint density at radius 2 is 2.43 bits per heavy atom. The second kappa shape index (κ2) is 3.84. The minimum atomic E-state index is -0.113. The van der Waals surface area contributed by atoms with Crippen LogP contribution in [0, 0.1) is 0 Å². The zero-order valence-corrected chi connectivity index (χ0v) is 8.29. The largest absolute Gasteiger partial charge is 0.379 e. The van der Waals surface area contributed by atoms with Gasteiger partial charge in [-0.25, -0.2) is 5.84 Å². The predicted octanol–water partition coefficient (Wildman–Crippen LogP) is -0.769. The number of hydrogen-bond acceptors (Lipinski definition) is 4. The van der Waals surface area contributed by atoms with E-state index in [1.54, 1.807) is 0 Å². The molecule has 14 heavy (non-hydrogen) atoms. The van der Waals surface area contributed by atoms with Crippen molar-refractivity contribution in [2.24, 2.45) is 5.84 Å². The van der Waals surface area contributed by atoms with Gasteiger partial charge in [0.25, 0.3) is 0 Å². The zero-order chi connectivity index (χ0) is 10.0. The van der Waals surface area contributed by atoms with Crippen LogP contribution in [-0.4, -0.2) is 42.6 Å². The number of nitrogens with one attached hydrogen (secondary N) is 1. The number of nitrogens with two attached hydrogens (primary N) is 1. The molecule has 5 nitrogen and oxygen atoms in total. The summed E-state index contributed by atoms with van der Waals surface area (Å²) in [7, 11) is 0. The Kier molecular flexibility index (Phi) is 2.71. The molecule has 1 unspecified atom stereocenters. The molecule has 1 amide bonds. The number of nitrogens with zero attached hydrogens (tertiary/aromatic N) is 1. The third-order valence-corrected chi connectivity index (χ3v) is 3.32. The van der Waals surface area contributed by atoms with Crippen LogP contribution in [0.3, 0.4) is 0 Å². The van der Waals surface area contributed by atoms with E-state index in [2.05, 4.69) is 10.3 Å². The summed E-state index contributed by atoms with van der Waals surface area (Å²) in [5.74, 6) is 4.97. The normalized spacial score (nSPS) is 32.6. The number of ether oxygens (including phenoxy) is 1. The summed E-state index contributed by atoms with van der Waals surface area (Å²) in [6.07, 6.45) is 3.34. The lowest BCUT2D eigenvalue weighted by Gasteiger charge is -2.32. The van der Waals surface area contributed by atoms with Gasteiger partial charge in [0.05, 0.1) is 13.2 Å². The van der Waals surface area contributed by atoms with Crippen LogP contribution in [0.1, 0.15) is 19.3 Å². The van der Waals surface area contributed by atoms with Crippen molar-refractivity contribution in [2.75, 3.05) is 26.3 Å². The van der Waals surface area contributed by atoms with E-state index in [1.807, 2.05) is 0 Å². The Bertz CT molecular complexity index is 221. The molecule has 0 aliphatic carbocycles. The number of carbonyl (C=O) groups is 1. The van der Waals surface area contributed by atoms with E-state index < -0.39 is 0 Å². The minimum absolute atomic E-state index is 0.113. The van der Waals surface area contributed by atoms with Crippen LogP contribution < -0.4 is 11.3 Å². The first-order valence-electron chi connectivity index (χ1n) is 5.09. The van der Waals surface area contributed by atoms with Gasteiger partial charge in [-0.05, 0) is 25.8 Å². The van der Waals surface area contributed by atoms with E-state index in [1.165, 1.54) is 0 Å². The lowest BCUT2D eigenvalue weighted by molar-refractivity contribution is -0.123. The zero-order valence-electron chi connectivity index (χ0n) is 8.29. The molecule has 2 fully saturated rings. The van der Waals surface area contributed by atoms with Crippen LogP contribution in [0.2, 0.25) is 0 Å². The summed E-state index contributed by atoms with van der Waals surface area (Å²) < 4.78 is 5.42. The van der Waals surface area contributed by atoms with Gasteiger partial charge >= 0.3 is 0 Å². The average Bonchev–Trinajstić information content (AvgIpc) is 2.79. The van der Waals surface area contributed by atoms with Gasteiger partial charge in [0, 0.05) is 12.1 Å². The van der Waals surface area contributed by atoms with Crippen LogP contribution in [0.5, 0.6) is 0 Å². The Morgan fingerprint density at radius 3 is 3.07 bits per heavy atom. The third-order valence-electron chi connectivity index (χ3n) is 3.32. The van der Waals surface area contributed by atoms with Crippen LogP contribution in [0.25, 0.3) is 0 Å². The highest BCUT2D eigenvalue weighted by Crippen LogP contribution is 2.35. The van der Waals surface area contributed by atoms with Crippen molar-refractivity contribution in [1.29, 1.82) is 0 Å². The molecule has 2 aliphatic heterocycles. The summed E-state index contributed by atoms with van der Waals surface area (Å²) >= 11 is 0. The molecule has 1 spiro atoms. The first kappa shape index (κ1) is 9.89. The monoisotopic (exact) mass is 199 g/mol. The van der Waals surface area contributed by atoms with Gasteiger partial charge in [0.15, 0.2) is 0 Å². The minimum Gasteiger partial charge on any atom is -0.379 e. The fourth-order valence-corrected chi connectivity index (χ4v) is 2.50. The van der Waals surface area contributed by atoms with E-state index >= 15 is 0 Å². The van der Waals surface area contributed by atoms with Gasteiger partial charge in [-0.2, -0.15) is 0 Å². The number of hydrogen-bond donors (Lipinski definition) is 2. The van der Waals surface area contributed by atoms with Crippen LogP contribution in [-0.2, 0) is 9.53 Å². The lowest BCUT2D eigenvalue weighted by atomic mass is 9.95. The highest BCUT2D eigenvalue weighted by Gasteiger charge is 2.44. The molecule has 0 aromatic rings. The van der Waals surface area contributed by atoms with E-state index in [4.69, 9.17) is 10.6 Å². The SMILES string of the molecule is NNC(=O)CN1CCCC12CCOC2. The van der Waals surface area contributed by atoms with Gasteiger partial charge in [-0.3, -0.25) is 15.1 Å². The number of amides is 1. The smallest absolute Gasteiger partial charge is 0.248 e. The molecule has 0 aromatic heterocycles. The highest BCUT2D eigenvalue weighted by molar-refractivity contribution is 5.77. The Balaban J connectivity index is 1.99. The van der Waals surface area contributed by atoms with Gasteiger partial charge < -0.3 is 4.74 Å². The predicted molar refractivity (Wildman–Crippen MR) is 51.3 cm³/mol. The summed E-state index contributed by atoms with van der Waals surface area (Å²) in [5, 5.41) is 0. The van der Waals surface area contributed by atoms with Crippen molar-refractivity contribution in [2.45, 2.75) is 24.8 Å². The first-order valence-corrected chi connectivity index (χ1v) is 5.09. The molecule has 2 saturated heterocycles. The lowest BCUT2D eigenvalue weighted by Crippen LogP contribution is -2.49. The van der Waals surface area contributed by atoms with Gasteiger partial charge in [-0.1, -0.05) is 0 Å². The molecule has 0 aromatic carbocycles. The molecule has 1 atom stereocenters.